The summed E-state index contributed by atoms with van der Waals surface area (Å²) in [5.74, 6) is 0.961. The van der Waals surface area contributed by atoms with Crippen molar-refractivity contribution in [3.63, 3.8) is 0 Å². The molecule has 0 aliphatic heterocycles. The monoisotopic (exact) mass is 278 g/mol. The van der Waals surface area contributed by atoms with Crippen molar-refractivity contribution in [3.05, 3.63) is 29.8 Å². The normalized spacial score (nSPS) is 11.9. The standard InChI is InChI=1S/C16H26N2O2/c1-4-13(2)17-12-10-16(19)18-11-9-14-5-7-15(20-3)8-6-14/h5-8,13,17H,4,9-12H2,1-3H3,(H,18,19). The first kappa shape index (κ1) is 16.5. The van der Waals surface area contributed by atoms with Gasteiger partial charge in [0.05, 0.1) is 7.11 Å². The number of nitrogens with one attached hydrogen (secondary N) is 2. The van der Waals surface area contributed by atoms with Gasteiger partial charge in [0.2, 0.25) is 5.91 Å². The van der Waals surface area contributed by atoms with Gasteiger partial charge in [0.1, 0.15) is 5.75 Å². The first-order valence-corrected chi connectivity index (χ1v) is 7.28. The highest BCUT2D eigenvalue weighted by Gasteiger charge is 2.02. The third-order valence-electron chi connectivity index (χ3n) is 3.35. The van der Waals surface area contributed by atoms with Crippen molar-refractivity contribution in [2.75, 3.05) is 20.2 Å². The summed E-state index contributed by atoms with van der Waals surface area (Å²) in [5.41, 5.74) is 1.20. The van der Waals surface area contributed by atoms with Gasteiger partial charge >= 0.3 is 0 Å². The molecule has 4 heteroatoms. The van der Waals surface area contributed by atoms with Crippen LogP contribution in [0, 0.1) is 0 Å². The fourth-order valence-corrected chi connectivity index (χ4v) is 1.80. The van der Waals surface area contributed by atoms with E-state index in [2.05, 4.69) is 24.5 Å². The summed E-state index contributed by atoms with van der Waals surface area (Å²) in [6.45, 7) is 5.67. The Labute approximate surface area is 121 Å². The highest BCUT2D eigenvalue weighted by Crippen LogP contribution is 2.11. The number of rotatable bonds is 9. The maximum absolute atomic E-state index is 11.6. The summed E-state index contributed by atoms with van der Waals surface area (Å²) < 4.78 is 5.11. The molecule has 20 heavy (non-hydrogen) atoms. The van der Waals surface area contributed by atoms with Crippen LogP contribution in [-0.4, -0.2) is 32.1 Å². The zero-order valence-electron chi connectivity index (χ0n) is 12.7. The van der Waals surface area contributed by atoms with Gasteiger partial charge in [-0.15, -0.1) is 0 Å². The van der Waals surface area contributed by atoms with E-state index in [-0.39, 0.29) is 5.91 Å². The van der Waals surface area contributed by atoms with Crippen LogP contribution in [0.15, 0.2) is 24.3 Å². The van der Waals surface area contributed by atoms with Crippen molar-refractivity contribution >= 4 is 5.91 Å². The van der Waals surface area contributed by atoms with Crippen LogP contribution in [0.1, 0.15) is 32.3 Å². The van der Waals surface area contributed by atoms with E-state index in [9.17, 15) is 4.79 Å². The fraction of sp³-hybridized carbons (Fsp3) is 0.562. The average Bonchev–Trinajstić information content (AvgIpc) is 2.47. The molecule has 0 bridgehead atoms. The lowest BCUT2D eigenvalue weighted by atomic mass is 10.1. The molecular weight excluding hydrogens is 252 g/mol. The molecule has 0 saturated carbocycles. The zero-order chi connectivity index (χ0) is 14.8. The minimum Gasteiger partial charge on any atom is -0.497 e. The van der Waals surface area contributed by atoms with Crippen molar-refractivity contribution in [1.29, 1.82) is 0 Å². The largest absolute Gasteiger partial charge is 0.497 e. The first-order chi connectivity index (χ1) is 9.65. The zero-order valence-corrected chi connectivity index (χ0v) is 12.7. The lowest BCUT2D eigenvalue weighted by Gasteiger charge is -2.11. The summed E-state index contributed by atoms with van der Waals surface area (Å²) in [6.07, 6.45) is 2.46. The number of ether oxygens (including phenoxy) is 1. The van der Waals surface area contributed by atoms with Crippen LogP contribution < -0.4 is 15.4 Å². The number of carbonyl (C=O) groups excluding carboxylic acids is 1. The summed E-state index contributed by atoms with van der Waals surface area (Å²) in [6, 6.07) is 8.40. The van der Waals surface area contributed by atoms with Gasteiger partial charge in [-0.3, -0.25) is 4.79 Å². The highest BCUT2D eigenvalue weighted by molar-refractivity contribution is 5.76. The van der Waals surface area contributed by atoms with Crippen LogP contribution >= 0.6 is 0 Å². The molecule has 112 valence electrons. The van der Waals surface area contributed by atoms with E-state index >= 15 is 0 Å². The van der Waals surface area contributed by atoms with E-state index in [4.69, 9.17) is 4.74 Å². The molecule has 1 aromatic rings. The Kier molecular flexibility index (Phi) is 7.73. The molecule has 0 spiro atoms. The second-order valence-corrected chi connectivity index (χ2v) is 4.96. The molecule has 1 amide bonds. The lowest BCUT2D eigenvalue weighted by molar-refractivity contribution is -0.120. The Morgan fingerprint density at radius 3 is 2.55 bits per heavy atom. The van der Waals surface area contributed by atoms with Crippen LogP contribution in [-0.2, 0) is 11.2 Å². The van der Waals surface area contributed by atoms with Crippen molar-refractivity contribution in [2.45, 2.75) is 39.2 Å². The van der Waals surface area contributed by atoms with Crippen LogP contribution in [0.25, 0.3) is 0 Å². The van der Waals surface area contributed by atoms with Crippen LogP contribution in [0.4, 0.5) is 0 Å². The summed E-state index contributed by atoms with van der Waals surface area (Å²) in [5, 5.41) is 6.25. The summed E-state index contributed by atoms with van der Waals surface area (Å²) in [7, 11) is 1.66. The summed E-state index contributed by atoms with van der Waals surface area (Å²) in [4.78, 5) is 11.6. The Bertz CT molecular complexity index is 390. The molecule has 0 fully saturated rings. The van der Waals surface area contributed by atoms with E-state index in [0.29, 0.717) is 19.0 Å². The van der Waals surface area contributed by atoms with Gasteiger partial charge in [-0.2, -0.15) is 0 Å². The van der Waals surface area contributed by atoms with E-state index in [1.165, 1.54) is 5.56 Å². The summed E-state index contributed by atoms with van der Waals surface area (Å²) >= 11 is 0. The molecular formula is C16H26N2O2. The van der Waals surface area contributed by atoms with E-state index < -0.39 is 0 Å². The lowest BCUT2D eigenvalue weighted by Crippen LogP contribution is -2.32. The van der Waals surface area contributed by atoms with Crippen molar-refractivity contribution in [3.8, 4) is 5.75 Å². The van der Waals surface area contributed by atoms with Gasteiger partial charge in [0.25, 0.3) is 0 Å². The Morgan fingerprint density at radius 1 is 1.25 bits per heavy atom. The topological polar surface area (TPSA) is 50.4 Å². The molecule has 1 aromatic carbocycles. The van der Waals surface area contributed by atoms with Crippen LogP contribution in [0.5, 0.6) is 5.75 Å². The molecule has 0 aliphatic rings. The molecule has 1 atom stereocenters. The molecule has 0 saturated heterocycles. The van der Waals surface area contributed by atoms with E-state index in [1.54, 1.807) is 7.11 Å². The van der Waals surface area contributed by atoms with Gasteiger partial charge in [-0.25, -0.2) is 0 Å². The second-order valence-electron chi connectivity index (χ2n) is 4.96. The number of benzene rings is 1. The van der Waals surface area contributed by atoms with Crippen LogP contribution in [0.2, 0.25) is 0 Å². The predicted octanol–water partition coefficient (Wildman–Crippen LogP) is 2.13. The minimum absolute atomic E-state index is 0.106. The smallest absolute Gasteiger partial charge is 0.221 e. The van der Waals surface area contributed by atoms with E-state index in [1.807, 2.05) is 24.3 Å². The third kappa shape index (κ3) is 6.57. The number of amides is 1. The molecule has 0 aliphatic carbocycles. The van der Waals surface area contributed by atoms with Gasteiger partial charge in [-0.1, -0.05) is 19.1 Å². The quantitative estimate of drug-likeness (QED) is 0.727. The van der Waals surface area contributed by atoms with Gasteiger partial charge < -0.3 is 15.4 Å². The Hall–Kier alpha value is -1.55. The number of hydrogen-bond acceptors (Lipinski definition) is 3. The highest BCUT2D eigenvalue weighted by atomic mass is 16.5. The van der Waals surface area contributed by atoms with Crippen molar-refractivity contribution in [2.24, 2.45) is 0 Å². The van der Waals surface area contributed by atoms with Crippen molar-refractivity contribution < 1.29 is 9.53 Å². The second kappa shape index (κ2) is 9.37. The molecule has 1 unspecified atom stereocenters. The number of carbonyl (C=O) groups is 1. The Balaban J connectivity index is 2.14. The maximum atomic E-state index is 11.6. The minimum atomic E-state index is 0.106. The van der Waals surface area contributed by atoms with Crippen LogP contribution in [0.3, 0.4) is 0 Å². The van der Waals surface area contributed by atoms with Crippen molar-refractivity contribution in [1.82, 2.24) is 10.6 Å². The average molecular weight is 278 g/mol. The number of methoxy groups -OCH3 is 1. The van der Waals surface area contributed by atoms with Gasteiger partial charge in [-0.05, 0) is 37.5 Å². The van der Waals surface area contributed by atoms with Gasteiger partial charge in [0.15, 0.2) is 0 Å². The third-order valence-corrected chi connectivity index (χ3v) is 3.35. The molecule has 0 aromatic heterocycles. The van der Waals surface area contributed by atoms with E-state index in [0.717, 1.165) is 25.1 Å². The maximum Gasteiger partial charge on any atom is 0.221 e. The molecule has 0 radical (unpaired) electrons. The molecule has 1 rings (SSSR count). The molecule has 4 nitrogen and oxygen atoms in total. The molecule has 0 heterocycles. The number of hydrogen-bond donors (Lipinski definition) is 2. The van der Waals surface area contributed by atoms with Gasteiger partial charge in [0, 0.05) is 25.6 Å². The fourth-order valence-electron chi connectivity index (χ4n) is 1.80. The SMILES string of the molecule is CCC(C)NCCC(=O)NCCc1ccc(OC)cc1. The molecule has 2 N–H and O–H groups in total. The predicted molar refractivity (Wildman–Crippen MR) is 82.1 cm³/mol. The Morgan fingerprint density at radius 2 is 1.95 bits per heavy atom. The first-order valence-electron chi connectivity index (χ1n) is 7.28.